The molecule has 2 N–H and O–H groups in total. The quantitative estimate of drug-likeness (QED) is 0.734. The van der Waals surface area contributed by atoms with Gasteiger partial charge in [0.15, 0.2) is 0 Å². The van der Waals surface area contributed by atoms with E-state index in [1.54, 1.807) is 6.92 Å². The second-order valence-electron chi connectivity index (χ2n) is 2.84. The highest BCUT2D eigenvalue weighted by atomic mass is 19.1. The second kappa shape index (κ2) is 3.81. The van der Waals surface area contributed by atoms with Crippen molar-refractivity contribution in [3.63, 3.8) is 0 Å². The molecular weight excluding hydrogens is 178 g/mol. The molecule has 0 saturated carbocycles. The molecule has 0 amide bonds. The Morgan fingerprint density at radius 1 is 1.31 bits per heavy atom. The molecule has 1 atom stereocenters. The van der Waals surface area contributed by atoms with E-state index in [2.05, 4.69) is 0 Å². The average Bonchev–Trinajstić information content (AvgIpc) is 2.02. The van der Waals surface area contributed by atoms with Crippen molar-refractivity contribution < 1.29 is 19.0 Å². The van der Waals surface area contributed by atoms with Crippen LogP contribution in [0.5, 0.6) is 0 Å². The highest BCUT2D eigenvalue weighted by Gasteiger charge is 2.17. The predicted molar refractivity (Wildman–Crippen MR) is 43.1 cm³/mol. The SMILES string of the molecule is Cc1cc(F)c(C(O)CO)c(F)c1. The molecule has 0 saturated heterocycles. The van der Waals surface area contributed by atoms with Crippen LogP contribution >= 0.6 is 0 Å². The van der Waals surface area contributed by atoms with Crippen molar-refractivity contribution in [3.05, 3.63) is 34.9 Å². The first-order valence-electron chi connectivity index (χ1n) is 3.80. The maximum Gasteiger partial charge on any atom is 0.132 e. The Morgan fingerprint density at radius 3 is 2.15 bits per heavy atom. The molecule has 0 aliphatic rings. The Bertz CT molecular complexity index is 289. The zero-order chi connectivity index (χ0) is 10.0. The van der Waals surface area contributed by atoms with Crippen LogP contribution in [0.2, 0.25) is 0 Å². The summed E-state index contributed by atoms with van der Waals surface area (Å²) < 4.78 is 26.1. The summed E-state index contributed by atoms with van der Waals surface area (Å²) in [6.07, 6.45) is -1.50. The molecule has 0 aliphatic heterocycles. The Kier molecular flexibility index (Phi) is 2.95. The number of halogens is 2. The fourth-order valence-corrected chi connectivity index (χ4v) is 1.12. The number of aliphatic hydroxyl groups is 2. The van der Waals surface area contributed by atoms with Crippen molar-refractivity contribution >= 4 is 0 Å². The molecule has 0 radical (unpaired) electrons. The zero-order valence-corrected chi connectivity index (χ0v) is 7.09. The van der Waals surface area contributed by atoms with Crippen LogP contribution in [0.1, 0.15) is 17.2 Å². The highest BCUT2D eigenvalue weighted by molar-refractivity contribution is 5.27. The zero-order valence-electron chi connectivity index (χ0n) is 7.09. The van der Waals surface area contributed by atoms with Crippen LogP contribution in [0, 0.1) is 18.6 Å². The summed E-state index contributed by atoms with van der Waals surface area (Å²) in [6.45, 7) is 0.845. The topological polar surface area (TPSA) is 40.5 Å². The molecular formula is C9H10F2O2. The van der Waals surface area contributed by atoms with E-state index in [0.29, 0.717) is 5.56 Å². The van der Waals surface area contributed by atoms with Gasteiger partial charge in [0.25, 0.3) is 0 Å². The fraction of sp³-hybridized carbons (Fsp3) is 0.333. The van der Waals surface area contributed by atoms with Crippen molar-refractivity contribution in [1.82, 2.24) is 0 Å². The van der Waals surface area contributed by atoms with Gasteiger partial charge in [-0.2, -0.15) is 0 Å². The predicted octanol–water partition coefficient (Wildman–Crippen LogP) is 1.30. The van der Waals surface area contributed by atoms with Gasteiger partial charge in [0.05, 0.1) is 12.2 Å². The van der Waals surface area contributed by atoms with E-state index in [1.165, 1.54) is 0 Å². The summed E-state index contributed by atoms with van der Waals surface area (Å²) in [5.41, 5.74) is -0.0445. The number of hydrogen-bond donors (Lipinski definition) is 2. The molecule has 2 nitrogen and oxygen atoms in total. The molecule has 1 rings (SSSR count). The molecule has 0 bridgehead atoms. The third kappa shape index (κ3) is 2.02. The van der Waals surface area contributed by atoms with Gasteiger partial charge in [-0.25, -0.2) is 8.78 Å². The van der Waals surface area contributed by atoms with E-state index in [4.69, 9.17) is 10.2 Å². The normalized spacial score (nSPS) is 13.0. The van der Waals surface area contributed by atoms with Gasteiger partial charge < -0.3 is 10.2 Å². The monoisotopic (exact) mass is 188 g/mol. The van der Waals surface area contributed by atoms with E-state index in [1.807, 2.05) is 0 Å². The number of benzene rings is 1. The Morgan fingerprint density at radius 2 is 1.77 bits per heavy atom. The molecule has 4 heteroatoms. The first-order valence-corrected chi connectivity index (χ1v) is 3.80. The summed E-state index contributed by atoms with van der Waals surface area (Å²) in [5.74, 6) is -1.67. The Labute approximate surface area is 74.4 Å². The molecule has 1 aromatic rings. The molecule has 1 unspecified atom stereocenters. The molecule has 0 aliphatic carbocycles. The van der Waals surface area contributed by atoms with E-state index in [-0.39, 0.29) is 0 Å². The largest absolute Gasteiger partial charge is 0.393 e. The lowest BCUT2D eigenvalue weighted by molar-refractivity contribution is 0.0893. The molecule has 0 fully saturated rings. The minimum Gasteiger partial charge on any atom is -0.393 e. The molecule has 0 aromatic heterocycles. The van der Waals surface area contributed by atoms with Crippen LogP contribution in [0.4, 0.5) is 8.78 Å². The maximum absolute atomic E-state index is 13.0. The summed E-state index contributed by atoms with van der Waals surface area (Å²) in [6, 6.07) is 2.22. The van der Waals surface area contributed by atoms with E-state index in [9.17, 15) is 8.78 Å². The Hall–Kier alpha value is -1.00. The number of hydrogen-bond acceptors (Lipinski definition) is 2. The van der Waals surface area contributed by atoms with Crippen molar-refractivity contribution in [2.75, 3.05) is 6.61 Å². The van der Waals surface area contributed by atoms with Gasteiger partial charge in [-0.3, -0.25) is 0 Å². The van der Waals surface area contributed by atoms with Gasteiger partial charge in [0.2, 0.25) is 0 Å². The fourth-order valence-electron chi connectivity index (χ4n) is 1.12. The van der Waals surface area contributed by atoms with Crippen molar-refractivity contribution in [2.45, 2.75) is 13.0 Å². The van der Waals surface area contributed by atoms with Crippen LogP contribution in [-0.2, 0) is 0 Å². The summed E-state index contributed by atoms with van der Waals surface area (Å²) in [7, 11) is 0. The van der Waals surface area contributed by atoms with Crippen LogP contribution in [0.25, 0.3) is 0 Å². The van der Waals surface area contributed by atoms with E-state index >= 15 is 0 Å². The van der Waals surface area contributed by atoms with Gasteiger partial charge >= 0.3 is 0 Å². The second-order valence-corrected chi connectivity index (χ2v) is 2.84. The number of aliphatic hydroxyl groups excluding tert-OH is 2. The van der Waals surface area contributed by atoms with Gasteiger partial charge in [-0.1, -0.05) is 0 Å². The molecule has 0 spiro atoms. The van der Waals surface area contributed by atoms with E-state index in [0.717, 1.165) is 12.1 Å². The molecule has 1 aromatic carbocycles. The van der Waals surface area contributed by atoms with Crippen LogP contribution in [0.15, 0.2) is 12.1 Å². The lowest BCUT2D eigenvalue weighted by Gasteiger charge is -2.10. The average molecular weight is 188 g/mol. The lowest BCUT2D eigenvalue weighted by atomic mass is 10.1. The van der Waals surface area contributed by atoms with Crippen LogP contribution in [0.3, 0.4) is 0 Å². The standard InChI is InChI=1S/C9H10F2O2/c1-5-2-6(10)9(7(11)3-5)8(13)4-12/h2-3,8,12-13H,4H2,1H3. The third-order valence-corrected chi connectivity index (χ3v) is 1.73. The van der Waals surface area contributed by atoms with Gasteiger partial charge in [0.1, 0.15) is 17.7 Å². The maximum atomic E-state index is 13.0. The minimum absolute atomic E-state index is 0.434. The molecule has 72 valence electrons. The molecule has 0 heterocycles. The third-order valence-electron chi connectivity index (χ3n) is 1.73. The summed E-state index contributed by atoms with van der Waals surface area (Å²) in [4.78, 5) is 0. The van der Waals surface area contributed by atoms with E-state index < -0.39 is 29.9 Å². The van der Waals surface area contributed by atoms with Gasteiger partial charge in [0, 0.05) is 0 Å². The minimum atomic E-state index is -1.50. The summed E-state index contributed by atoms with van der Waals surface area (Å²) >= 11 is 0. The lowest BCUT2D eigenvalue weighted by Crippen LogP contribution is -2.08. The first-order chi connectivity index (χ1) is 6.06. The smallest absolute Gasteiger partial charge is 0.132 e. The summed E-state index contributed by atoms with van der Waals surface area (Å²) in [5, 5.41) is 17.6. The van der Waals surface area contributed by atoms with Crippen molar-refractivity contribution in [2.24, 2.45) is 0 Å². The Balaban J connectivity index is 3.20. The highest BCUT2D eigenvalue weighted by Crippen LogP contribution is 2.21. The molecule has 13 heavy (non-hydrogen) atoms. The van der Waals surface area contributed by atoms with Crippen molar-refractivity contribution in [1.29, 1.82) is 0 Å². The van der Waals surface area contributed by atoms with Crippen molar-refractivity contribution in [3.8, 4) is 0 Å². The van der Waals surface area contributed by atoms with Gasteiger partial charge in [-0.15, -0.1) is 0 Å². The number of aryl methyl sites for hydroxylation is 1. The van der Waals surface area contributed by atoms with Crippen LogP contribution in [-0.4, -0.2) is 16.8 Å². The number of rotatable bonds is 2. The van der Waals surface area contributed by atoms with Gasteiger partial charge in [-0.05, 0) is 24.6 Å². The van der Waals surface area contributed by atoms with Crippen LogP contribution < -0.4 is 0 Å². The first kappa shape index (κ1) is 10.1.